The molecule has 0 unspecified atom stereocenters. The van der Waals surface area contributed by atoms with Crippen molar-refractivity contribution >= 4 is 39.2 Å². The summed E-state index contributed by atoms with van der Waals surface area (Å²) in [5, 5.41) is 11.5. The number of likely N-dealkylation sites (N-methyl/N-ethyl adjacent to an activating group) is 1. The van der Waals surface area contributed by atoms with Crippen molar-refractivity contribution in [2.45, 2.75) is 116 Å². The van der Waals surface area contributed by atoms with E-state index < -0.39 is 5.97 Å². The number of nitrogens with zero attached hydrogens (tertiary/aromatic N) is 1. The van der Waals surface area contributed by atoms with Crippen LogP contribution in [0.15, 0.2) is 0 Å². The van der Waals surface area contributed by atoms with Gasteiger partial charge in [0.25, 0.3) is 0 Å². The third-order valence-corrected chi connectivity index (χ3v) is 12.5. The maximum Gasteiger partial charge on any atom is 2.00 e. The van der Waals surface area contributed by atoms with Crippen LogP contribution in [0.25, 0.3) is 0 Å². The van der Waals surface area contributed by atoms with Gasteiger partial charge in [-0.25, -0.2) is 0 Å². The number of carboxylic acid groups (broad SMARTS) is 1. The molecule has 0 radical (unpaired) electrons. The van der Waals surface area contributed by atoms with Crippen LogP contribution in [0.3, 0.4) is 0 Å². The van der Waals surface area contributed by atoms with Gasteiger partial charge in [-0.15, -0.1) is 0 Å². The zero-order chi connectivity index (χ0) is 33.0. The van der Waals surface area contributed by atoms with E-state index in [1.165, 1.54) is 138 Å². The number of ether oxygens (including phenoxy) is 2. The van der Waals surface area contributed by atoms with Crippen molar-refractivity contribution in [2.75, 3.05) is 64.6 Å². The Kier molecular flexibility index (Phi) is 28.1. The van der Waals surface area contributed by atoms with Crippen LogP contribution in [-0.2, 0) is 40.9 Å². The number of hydrogen-bond acceptors (Lipinski definition) is 8. The molecule has 6 fully saturated rings. The van der Waals surface area contributed by atoms with Gasteiger partial charge in [0, 0.05) is 19.6 Å². The quantitative estimate of drug-likeness (QED) is 0.0583. The van der Waals surface area contributed by atoms with Crippen molar-refractivity contribution < 1.29 is 46.0 Å². The molecule has 0 heterocycles. The van der Waals surface area contributed by atoms with Crippen LogP contribution in [-0.4, -0.2) is 92.3 Å². The number of hydrogen-bond donors (Lipinski definition) is 2. The van der Waals surface area contributed by atoms with E-state index in [0.29, 0.717) is 24.4 Å². The summed E-state index contributed by atoms with van der Waals surface area (Å²) in [7, 11) is 4.70. The second-order valence-electron chi connectivity index (χ2n) is 14.8. The van der Waals surface area contributed by atoms with Gasteiger partial charge < -0.3 is 39.7 Å². The van der Waals surface area contributed by atoms with Crippen LogP contribution < -0.4 is 5.32 Å². The number of carbonyl (C=O) groups is 3. The van der Waals surface area contributed by atoms with Crippen molar-refractivity contribution in [2.24, 2.45) is 29.1 Å². The van der Waals surface area contributed by atoms with E-state index in [1.54, 1.807) is 0 Å². The standard InChI is InChI=1S/C17H27NO3S2.C14H27NO3.C5H10.2CH3.Fe/c19-15(10-22-23-11-16(20)21)18-3-1-2-17-7-12-4-13(8-17)6-14(5-12)9-17;1-13(16)12-18-10-9-17-8-7-15(2)11-14-5-3-4-6-14;1-2-4-5-3-1;;;/h12-14H,1-11H2,(H,18,19)(H,20,21);14H,3-12H2,1-2H3;1-5H2;2*1H3;/q;;;2*-1;+2. The minimum atomic E-state index is -0.835. The van der Waals surface area contributed by atoms with Gasteiger partial charge in [-0.05, 0) is 107 Å². The Hall–Kier alpha value is -0.291. The van der Waals surface area contributed by atoms with E-state index >= 15 is 0 Å². The van der Waals surface area contributed by atoms with E-state index in [0.717, 1.165) is 49.8 Å². The van der Waals surface area contributed by atoms with Gasteiger partial charge >= 0.3 is 23.0 Å². The Morgan fingerprint density at radius 1 is 0.816 bits per heavy atom. The zero-order valence-electron chi connectivity index (χ0n) is 31.3. The minimum absolute atomic E-state index is 0. The number of nitrogens with one attached hydrogen (secondary N) is 1. The summed E-state index contributed by atoms with van der Waals surface area (Å²) >= 11 is 0. The molecule has 1 amide bonds. The van der Waals surface area contributed by atoms with Crippen LogP contribution in [0, 0.1) is 43.9 Å². The van der Waals surface area contributed by atoms with Crippen LogP contribution >= 0.6 is 21.6 Å². The number of carboxylic acids is 1. The molecule has 6 rings (SSSR count). The first-order valence-corrected chi connectivity index (χ1v) is 20.8. The normalized spacial score (nSPS) is 24.8. The summed E-state index contributed by atoms with van der Waals surface area (Å²) in [6, 6.07) is 0. The topological polar surface area (TPSA) is 105 Å². The molecular formula is C38H70FeN2O6S2. The number of rotatable bonds is 19. The molecule has 11 heteroatoms. The molecule has 0 aromatic rings. The maximum atomic E-state index is 11.7. The Balaban J connectivity index is 0.000000795. The van der Waals surface area contributed by atoms with Crippen LogP contribution in [0.4, 0.5) is 0 Å². The molecular weight excluding hydrogens is 700 g/mol. The molecule has 0 aliphatic heterocycles. The van der Waals surface area contributed by atoms with E-state index in [4.69, 9.17) is 14.6 Å². The van der Waals surface area contributed by atoms with Crippen molar-refractivity contribution in [3.8, 4) is 0 Å². The first-order chi connectivity index (χ1) is 22.2. The summed E-state index contributed by atoms with van der Waals surface area (Å²) in [5.74, 6) is 3.53. The number of Topliss-reactive ketones (excluding diaryl/α,β-unsaturated/α-hetero) is 1. The smallest absolute Gasteiger partial charge is 0.481 e. The van der Waals surface area contributed by atoms with Gasteiger partial charge in [0.1, 0.15) is 12.4 Å². The summed E-state index contributed by atoms with van der Waals surface area (Å²) < 4.78 is 10.6. The molecule has 0 aromatic carbocycles. The Bertz CT molecular complexity index is 845. The summed E-state index contributed by atoms with van der Waals surface area (Å²) in [4.78, 5) is 35.1. The number of carbonyl (C=O) groups excluding carboxylic acids is 2. The van der Waals surface area contributed by atoms with Gasteiger partial charge in [0.2, 0.25) is 5.91 Å². The van der Waals surface area contributed by atoms with Gasteiger partial charge in [-0.1, -0.05) is 66.5 Å². The van der Waals surface area contributed by atoms with Crippen LogP contribution in [0.5, 0.6) is 0 Å². The van der Waals surface area contributed by atoms with E-state index in [2.05, 4.69) is 17.3 Å². The molecule has 2 N–H and O–H groups in total. The van der Waals surface area contributed by atoms with Gasteiger partial charge in [-0.3, -0.25) is 14.4 Å². The fourth-order valence-corrected chi connectivity index (χ4v) is 10.4. The fourth-order valence-electron chi connectivity index (χ4n) is 8.79. The van der Waals surface area contributed by atoms with Crippen molar-refractivity contribution in [1.82, 2.24) is 10.2 Å². The molecule has 8 nitrogen and oxygen atoms in total. The number of ketones is 1. The van der Waals surface area contributed by atoms with Crippen LogP contribution in [0.1, 0.15) is 116 Å². The number of aliphatic carboxylic acids is 1. The average molecular weight is 771 g/mol. The Morgan fingerprint density at radius 3 is 1.88 bits per heavy atom. The number of amides is 1. The molecule has 6 saturated carbocycles. The van der Waals surface area contributed by atoms with Crippen LogP contribution in [0.2, 0.25) is 0 Å². The molecule has 0 aromatic heterocycles. The van der Waals surface area contributed by atoms with E-state index in [-0.39, 0.29) is 56.0 Å². The fraction of sp³-hybridized carbons (Fsp3) is 0.868. The summed E-state index contributed by atoms with van der Waals surface area (Å²) in [6.45, 7) is 6.49. The first-order valence-electron chi connectivity index (χ1n) is 18.3. The molecule has 6 aliphatic rings. The molecule has 4 bridgehead atoms. The second-order valence-corrected chi connectivity index (χ2v) is 17.3. The second kappa shape index (κ2) is 28.2. The molecule has 288 valence electrons. The predicted molar refractivity (Wildman–Crippen MR) is 203 cm³/mol. The predicted octanol–water partition coefficient (Wildman–Crippen LogP) is 8.14. The van der Waals surface area contributed by atoms with Gasteiger partial charge in [0.05, 0.1) is 25.6 Å². The summed E-state index contributed by atoms with van der Waals surface area (Å²) in [5.41, 5.74) is 0.603. The van der Waals surface area contributed by atoms with Crippen molar-refractivity contribution in [3.63, 3.8) is 0 Å². The Morgan fingerprint density at radius 2 is 1.35 bits per heavy atom. The molecule has 6 aliphatic carbocycles. The minimum Gasteiger partial charge on any atom is -0.481 e. The summed E-state index contributed by atoms with van der Waals surface area (Å²) in [6.07, 6.45) is 24.2. The van der Waals surface area contributed by atoms with E-state index in [1.807, 2.05) is 0 Å². The SMILES string of the molecule is C1CCCC1.CC(=O)COCCOCCN(C)CC1CCCC1.O=C(O)CSSCC(=O)NCCCC12CC3CC(CC(C3)C1)C2.[CH3-].[CH3-].[Fe+2]. The first kappa shape index (κ1) is 48.7. The molecule has 49 heavy (non-hydrogen) atoms. The maximum absolute atomic E-state index is 11.7. The molecule has 0 saturated heterocycles. The molecule has 0 atom stereocenters. The monoisotopic (exact) mass is 770 g/mol. The third-order valence-electron chi connectivity index (χ3n) is 10.4. The van der Waals surface area contributed by atoms with Crippen molar-refractivity contribution in [1.29, 1.82) is 0 Å². The molecule has 0 spiro atoms. The van der Waals surface area contributed by atoms with Crippen molar-refractivity contribution in [3.05, 3.63) is 14.9 Å². The largest absolute Gasteiger partial charge is 2.00 e. The van der Waals surface area contributed by atoms with Gasteiger partial charge in [-0.2, -0.15) is 0 Å². The zero-order valence-corrected chi connectivity index (χ0v) is 34.0. The Labute approximate surface area is 318 Å². The van der Waals surface area contributed by atoms with E-state index in [9.17, 15) is 14.4 Å². The average Bonchev–Trinajstić information content (AvgIpc) is 3.75. The van der Waals surface area contributed by atoms with Gasteiger partial charge in [0.15, 0.2) is 5.78 Å². The third kappa shape index (κ3) is 21.7.